The third-order valence-electron chi connectivity index (χ3n) is 26.7. The molecule has 8 unspecified atom stereocenters. The Hall–Kier alpha value is -2.17. The molecule has 0 spiro atoms. The summed E-state index contributed by atoms with van der Waals surface area (Å²) in [4.78, 5) is 4.83. The van der Waals surface area contributed by atoms with Crippen LogP contribution in [0, 0.1) is 70.5 Å². The maximum absolute atomic E-state index is 12.1. The van der Waals surface area contributed by atoms with E-state index in [9.17, 15) is 18.3 Å². The van der Waals surface area contributed by atoms with Crippen LogP contribution in [0.5, 0.6) is 0 Å². The van der Waals surface area contributed by atoms with Gasteiger partial charge in [-0.3, -0.25) is 4.90 Å². The van der Waals surface area contributed by atoms with E-state index in [1.807, 2.05) is 44.2 Å². The molecule has 0 aromatic heterocycles. The summed E-state index contributed by atoms with van der Waals surface area (Å²) in [5.41, 5.74) is 1.89. The van der Waals surface area contributed by atoms with Crippen LogP contribution >= 0.6 is 0 Å². The van der Waals surface area contributed by atoms with Gasteiger partial charge in [0.25, 0.3) is 0 Å². The number of hydrogen-bond acceptors (Lipinski definition) is 10. The molecule has 10 nitrogen and oxygen atoms in total. The monoisotopic (exact) mass is 1800 g/mol. The number of hydrogen-bond donors (Lipinski definition) is 8. The molecule has 8 N–H and O–H groups in total. The second-order valence-electron chi connectivity index (χ2n) is 49.0. The van der Waals surface area contributed by atoms with Gasteiger partial charge in [-0.15, -0.1) is 0 Å². The molecule has 0 aliphatic heterocycles. The summed E-state index contributed by atoms with van der Waals surface area (Å²) < 4.78 is 36.4. The highest BCUT2D eigenvalue weighted by Gasteiger charge is 2.47. The topological polar surface area (TPSA) is 111 Å². The van der Waals surface area contributed by atoms with E-state index in [0.29, 0.717) is 65.2 Å². The molecule has 0 saturated heterocycles. The molecule has 0 radical (unpaired) electrons. The fourth-order valence-electron chi connectivity index (χ4n) is 18.2. The van der Waals surface area contributed by atoms with Gasteiger partial charge in [-0.05, 0) is 283 Å². The molecular weight excluding hydrogens is 1570 g/mol. The lowest BCUT2D eigenvalue weighted by molar-refractivity contribution is -0.187. The van der Waals surface area contributed by atoms with Crippen LogP contribution < -0.4 is 37.2 Å². The zero-order chi connectivity index (χ0) is 98.7. The molecule has 13 heteroatoms. The van der Waals surface area contributed by atoms with Crippen molar-refractivity contribution in [3.63, 3.8) is 0 Å². The summed E-state index contributed by atoms with van der Waals surface area (Å²) >= 11 is 0. The number of nitrogens with zero attached hydrogens (tertiary/aromatic N) is 2. The first-order valence-corrected chi connectivity index (χ1v) is 52.9. The van der Waals surface area contributed by atoms with Gasteiger partial charge in [0.15, 0.2) is 0 Å². The Bertz CT molecular complexity index is 2780. The number of aliphatic hydroxyl groups excluding tert-OH is 1. The molecular formula is C114H228F3N9O. The van der Waals surface area contributed by atoms with E-state index in [4.69, 9.17) is 0 Å². The van der Waals surface area contributed by atoms with Crippen molar-refractivity contribution in [2.75, 3.05) is 14.1 Å². The van der Waals surface area contributed by atoms with Crippen molar-refractivity contribution in [2.45, 2.75) is 577 Å². The van der Waals surface area contributed by atoms with Crippen molar-refractivity contribution in [1.82, 2.24) is 47.0 Å². The van der Waals surface area contributed by atoms with Gasteiger partial charge in [0.2, 0.25) is 0 Å². The fraction of sp³-hybridized carbons (Fsp3) is 0.895. The lowest BCUT2D eigenvalue weighted by Gasteiger charge is -2.37. The van der Waals surface area contributed by atoms with E-state index in [-0.39, 0.29) is 29.1 Å². The van der Waals surface area contributed by atoms with E-state index in [1.54, 1.807) is 13.8 Å². The molecule has 8 aliphatic carbocycles. The number of rotatable bonds is 25. The Morgan fingerprint density at radius 2 is 0.780 bits per heavy atom. The quantitative estimate of drug-likeness (QED) is 0.0490. The van der Waals surface area contributed by atoms with Crippen molar-refractivity contribution in [1.29, 1.82) is 0 Å². The molecule has 0 heterocycles. The van der Waals surface area contributed by atoms with Gasteiger partial charge >= 0.3 is 6.18 Å². The van der Waals surface area contributed by atoms with Gasteiger partial charge < -0.3 is 47.2 Å². The first-order chi connectivity index (χ1) is 58.2. The summed E-state index contributed by atoms with van der Waals surface area (Å²) in [6.45, 7) is 90.1. The number of aliphatic hydroxyl groups is 1. The fourth-order valence-corrected chi connectivity index (χ4v) is 18.2. The third-order valence-corrected chi connectivity index (χ3v) is 26.7. The molecule has 4 bridgehead atoms. The van der Waals surface area contributed by atoms with Crippen molar-refractivity contribution in [3.05, 3.63) is 71.8 Å². The maximum Gasteiger partial charge on any atom is 0.406 e. The SMILES string of the molecule is CC(C)C(O)c1ccccc1.CC(C)CC1CCCC1.CC(C)CC1CCCCC1.CC(C)Cc1ccccc1.CC(C)N(C)C(C)(C)C.CC(C)N(C)C1CCC1.CC(C)NC(C)(C)C.CC(C)NC(C)(C)C(C)C.CC(C)NC(C)(C)C(F)(F)F.CC(C)NC(C)C(C)(C)C.CC(C)NC1CC2CCC1C2.CC(C)NC1CC2CCC1C2.CC(C)NC1CCC1. The Balaban J connectivity index is -0.00000131. The molecule has 2 aromatic rings. The number of halogens is 3. The average molecular weight is 1800 g/mol. The zero-order valence-electron chi connectivity index (χ0n) is 93.1. The first-order valence-electron chi connectivity index (χ1n) is 52.9. The molecule has 10 rings (SSSR count). The van der Waals surface area contributed by atoms with Crippen molar-refractivity contribution >= 4 is 0 Å². The van der Waals surface area contributed by atoms with Gasteiger partial charge in [0.1, 0.15) is 5.54 Å². The van der Waals surface area contributed by atoms with E-state index in [2.05, 4.69) is 341 Å². The van der Waals surface area contributed by atoms with Crippen LogP contribution in [0.1, 0.15) is 469 Å². The van der Waals surface area contributed by atoms with E-state index < -0.39 is 11.7 Å². The van der Waals surface area contributed by atoms with E-state index in [0.717, 1.165) is 103 Å². The van der Waals surface area contributed by atoms with Crippen molar-refractivity contribution in [2.24, 2.45) is 70.5 Å². The second-order valence-corrected chi connectivity index (χ2v) is 49.0. The summed E-state index contributed by atoms with van der Waals surface area (Å²) in [6.07, 6.45) is 33.7. The molecule has 8 saturated carbocycles. The van der Waals surface area contributed by atoms with Crippen LogP contribution in [0.15, 0.2) is 60.7 Å². The number of nitrogens with one attached hydrogen (secondary N) is 7. The minimum Gasteiger partial charge on any atom is -0.388 e. The van der Waals surface area contributed by atoms with Crippen LogP contribution in [0.3, 0.4) is 0 Å². The summed E-state index contributed by atoms with van der Waals surface area (Å²) in [6, 6.07) is 29.5. The lowest BCUT2D eigenvalue weighted by Crippen LogP contribution is -2.54. The molecule has 8 aliphatic rings. The normalized spacial score (nSPS) is 20.7. The Morgan fingerprint density at radius 3 is 0.976 bits per heavy atom. The molecule has 0 amide bonds. The highest BCUT2D eigenvalue weighted by molar-refractivity contribution is 5.18. The molecule has 127 heavy (non-hydrogen) atoms. The van der Waals surface area contributed by atoms with Crippen LogP contribution in [-0.2, 0) is 6.42 Å². The van der Waals surface area contributed by atoms with Gasteiger partial charge in [0, 0.05) is 101 Å². The van der Waals surface area contributed by atoms with Crippen LogP contribution in [0.25, 0.3) is 0 Å². The highest BCUT2D eigenvalue weighted by Crippen LogP contribution is 2.46. The molecule has 2 aromatic carbocycles. The maximum atomic E-state index is 12.1. The Labute approximate surface area is 793 Å². The van der Waals surface area contributed by atoms with Crippen LogP contribution in [0.2, 0.25) is 0 Å². The van der Waals surface area contributed by atoms with Crippen molar-refractivity contribution in [3.8, 4) is 0 Å². The standard InChI is InChI=1S/2C10H19N.C10H14O.C10H20.C10H14.2C9H21N.C9H18.C8H17N.C8H19N.C7H14F3N.C7H15N.C7H17N/c2*1-7(2)11-10-6-8-3-4-9(10)5-8;1-8(2)10(11)9-6-4-3-5-7-9;2*1-9(2)8-10-6-4-3-5-7-10;1-7(2)10-8(3)9(4,5)6;1-7(2)9(5,6)10-8(3)4;1-8(2)7-9-5-3-4-6-9;1-7(2)9(3)8-5-4-6-8;1-7(2)9(6)8(3,4)5;1-5(2)11-6(3,4)7(8,9)10;1-6(2)8-7-4-3-5-7;1-6(2)8-7(3,4)5/h2*7-11H,3-6H2,1-2H3;3-8,10-11H,1-2H3;9-10H,3-8H2,1-2H3;3-7,9H,8H2,1-2H3;2*7-8,10H,1-6H3;8-9H,3-7H2,1-2H3;7-8H,4-6H2,1-3H3;7H,1-6H3;5,11H,1-4H3;6-8H,3-5H2,1-2H3;6,8H,1-5H3. The zero-order valence-corrected chi connectivity index (χ0v) is 93.1. The largest absolute Gasteiger partial charge is 0.406 e. The minimum absolute atomic E-state index is 0.161. The predicted molar refractivity (Wildman–Crippen MR) is 564 cm³/mol. The van der Waals surface area contributed by atoms with Gasteiger partial charge in [-0.25, -0.2) is 0 Å². The van der Waals surface area contributed by atoms with Crippen molar-refractivity contribution < 1.29 is 18.3 Å². The third kappa shape index (κ3) is 67.6. The summed E-state index contributed by atoms with van der Waals surface area (Å²) in [5, 5.41) is 33.2. The second kappa shape index (κ2) is 67.1. The summed E-state index contributed by atoms with van der Waals surface area (Å²) in [5.74, 6) is 9.97. The molecule has 756 valence electrons. The minimum atomic E-state index is -4.18. The highest BCUT2D eigenvalue weighted by atomic mass is 19.4. The van der Waals surface area contributed by atoms with Crippen LogP contribution in [0.4, 0.5) is 13.2 Å². The first kappa shape index (κ1) is 129. The van der Waals surface area contributed by atoms with Gasteiger partial charge in [-0.1, -0.05) is 331 Å². The smallest absolute Gasteiger partial charge is 0.388 e. The molecule has 8 atom stereocenters. The van der Waals surface area contributed by atoms with Crippen LogP contribution in [-0.4, -0.2) is 142 Å². The van der Waals surface area contributed by atoms with E-state index in [1.165, 1.54) is 173 Å². The number of fused-ring (bicyclic) bond motifs is 4. The van der Waals surface area contributed by atoms with Gasteiger partial charge in [0.05, 0.1) is 6.10 Å². The average Bonchev–Trinajstić information content (AvgIpc) is 1.71. The predicted octanol–water partition coefficient (Wildman–Crippen LogP) is 30.9. The number of benzene rings is 2. The molecule has 8 fully saturated rings. The lowest BCUT2D eigenvalue weighted by atomic mass is 9.84. The Kier molecular flexibility index (Phi) is 68.2. The number of alkyl halides is 3. The Morgan fingerprint density at radius 1 is 0.394 bits per heavy atom. The summed E-state index contributed by atoms with van der Waals surface area (Å²) in [7, 11) is 4.39. The van der Waals surface area contributed by atoms with E-state index >= 15 is 0 Å². The van der Waals surface area contributed by atoms with Gasteiger partial charge in [-0.2, -0.15) is 13.2 Å².